The first-order valence-corrected chi connectivity index (χ1v) is 10.5. The SMILES string of the molecule is CCOc1cccc(C2c3c(oc4ccc(C)cc4c3=O)C(=O)N2c2nccs2)c1. The van der Waals surface area contributed by atoms with E-state index in [1.807, 2.05) is 44.2 Å². The summed E-state index contributed by atoms with van der Waals surface area (Å²) in [6, 6.07) is 12.2. The highest BCUT2D eigenvalue weighted by atomic mass is 32.1. The zero-order valence-corrected chi connectivity index (χ0v) is 17.2. The third-order valence-corrected chi connectivity index (χ3v) is 5.91. The molecule has 2 aromatic carbocycles. The Morgan fingerprint density at radius 2 is 2.07 bits per heavy atom. The molecule has 0 aliphatic carbocycles. The third-order valence-electron chi connectivity index (χ3n) is 5.14. The number of ether oxygens (including phenoxy) is 1. The Bertz CT molecular complexity index is 1330. The van der Waals surface area contributed by atoms with Crippen LogP contribution >= 0.6 is 11.3 Å². The van der Waals surface area contributed by atoms with Crippen LogP contribution < -0.4 is 15.1 Å². The Kier molecular flexibility index (Phi) is 4.40. The highest BCUT2D eigenvalue weighted by Crippen LogP contribution is 2.42. The predicted molar refractivity (Wildman–Crippen MR) is 116 cm³/mol. The van der Waals surface area contributed by atoms with Crippen LogP contribution in [0.5, 0.6) is 5.75 Å². The van der Waals surface area contributed by atoms with Crippen molar-refractivity contribution in [2.75, 3.05) is 11.5 Å². The second kappa shape index (κ2) is 7.11. The second-order valence-corrected chi connectivity index (χ2v) is 7.94. The molecule has 4 aromatic rings. The zero-order valence-electron chi connectivity index (χ0n) is 16.4. The molecule has 6 nitrogen and oxygen atoms in total. The van der Waals surface area contributed by atoms with Crippen molar-refractivity contribution in [1.29, 1.82) is 0 Å². The Morgan fingerprint density at radius 1 is 1.20 bits per heavy atom. The summed E-state index contributed by atoms with van der Waals surface area (Å²) in [6.45, 7) is 4.35. The van der Waals surface area contributed by atoms with E-state index >= 15 is 0 Å². The molecule has 0 bridgehead atoms. The quantitative estimate of drug-likeness (QED) is 0.480. The van der Waals surface area contributed by atoms with Crippen molar-refractivity contribution in [2.45, 2.75) is 19.9 Å². The minimum absolute atomic E-state index is 0.0679. The van der Waals surface area contributed by atoms with Gasteiger partial charge in [-0.3, -0.25) is 14.5 Å². The number of hydrogen-bond acceptors (Lipinski definition) is 6. The molecule has 1 aliphatic heterocycles. The molecule has 0 spiro atoms. The van der Waals surface area contributed by atoms with Crippen LogP contribution in [0.3, 0.4) is 0 Å². The fourth-order valence-corrected chi connectivity index (χ4v) is 4.54. The van der Waals surface area contributed by atoms with Crippen LogP contribution in [0.15, 0.2) is 63.3 Å². The summed E-state index contributed by atoms with van der Waals surface area (Å²) in [5.74, 6) is 0.376. The number of carbonyl (C=O) groups is 1. The minimum Gasteiger partial charge on any atom is -0.494 e. The van der Waals surface area contributed by atoms with E-state index in [0.29, 0.717) is 34.0 Å². The lowest BCUT2D eigenvalue weighted by molar-refractivity contribution is 0.0971. The number of rotatable bonds is 4. The van der Waals surface area contributed by atoms with Crippen LogP contribution in [0, 0.1) is 6.92 Å². The largest absolute Gasteiger partial charge is 0.494 e. The fraction of sp³-hybridized carbons (Fsp3) is 0.174. The van der Waals surface area contributed by atoms with Crippen molar-refractivity contribution >= 4 is 33.3 Å². The number of carbonyl (C=O) groups excluding carboxylic acids is 1. The number of aromatic nitrogens is 1. The lowest BCUT2D eigenvalue weighted by Gasteiger charge is -2.23. The van der Waals surface area contributed by atoms with Crippen LogP contribution in [0.1, 0.15) is 40.2 Å². The average Bonchev–Trinajstić information content (AvgIpc) is 3.36. The van der Waals surface area contributed by atoms with Crippen molar-refractivity contribution in [1.82, 2.24) is 4.98 Å². The van der Waals surface area contributed by atoms with Crippen molar-refractivity contribution < 1.29 is 13.9 Å². The van der Waals surface area contributed by atoms with Gasteiger partial charge in [-0.05, 0) is 43.7 Å². The van der Waals surface area contributed by atoms with Gasteiger partial charge >= 0.3 is 0 Å². The van der Waals surface area contributed by atoms with Gasteiger partial charge in [0.1, 0.15) is 11.3 Å². The zero-order chi connectivity index (χ0) is 20.8. The Labute approximate surface area is 176 Å². The Hall–Kier alpha value is -3.45. The molecule has 1 amide bonds. The van der Waals surface area contributed by atoms with Crippen molar-refractivity contribution in [3.63, 3.8) is 0 Å². The van der Waals surface area contributed by atoms with Gasteiger partial charge < -0.3 is 9.15 Å². The molecule has 0 fully saturated rings. The maximum absolute atomic E-state index is 13.5. The standard InChI is InChI=1S/C23H18N2O4S/c1-3-28-15-6-4-5-14(12-15)19-18-20(26)16-11-13(2)7-8-17(16)29-21(18)22(27)25(19)23-24-9-10-30-23/h4-12,19H,3H2,1-2H3. The number of anilines is 1. The molecular formula is C23H18N2O4S. The molecule has 0 saturated carbocycles. The van der Waals surface area contributed by atoms with E-state index < -0.39 is 6.04 Å². The first-order chi connectivity index (χ1) is 14.6. The summed E-state index contributed by atoms with van der Waals surface area (Å²) in [6.07, 6.45) is 1.64. The molecule has 1 aliphatic rings. The molecule has 1 unspecified atom stereocenters. The molecule has 2 aromatic heterocycles. The van der Waals surface area contributed by atoms with Crippen LogP contribution in [0.4, 0.5) is 5.13 Å². The van der Waals surface area contributed by atoms with E-state index in [0.717, 1.165) is 11.1 Å². The van der Waals surface area contributed by atoms with Gasteiger partial charge in [0.15, 0.2) is 10.6 Å². The van der Waals surface area contributed by atoms with Crippen LogP contribution in [-0.2, 0) is 0 Å². The lowest BCUT2D eigenvalue weighted by Crippen LogP contribution is -2.29. The first kappa shape index (κ1) is 18.6. The van der Waals surface area contributed by atoms with Gasteiger partial charge in [-0.25, -0.2) is 4.98 Å². The predicted octanol–water partition coefficient (Wildman–Crippen LogP) is 4.71. The van der Waals surface area contributed by atoms with Crippen molar-refractivity contribution in [3.8, 4) is 5.75 Å². The number of hydrogen-bond donors (Lipinski definition) is 0. The highest BCUT2D eigenvalue weighted by Gasteiger charge is 2.44. The van der Waals surface area contributed by atoms with Gasteiger partial charge in [0, 0.05) is 11.6 Å². The third kappa shape index (κ3) is 2.81. The number of thiazole rings is 1. The maximum atomic E-state index is 13.5. The van der Waals surface area contributed by atoms with E-state index in [-0.39, 0.29) is 17.1 Å². The minimum atomic E-state index is -0.639. The van der Waals surface area contributed by atoms with E-state index in [2.05, 4.69) is 4.98 Å². The molecule has 5 rings (SSSR count). The van der Waals surface area contributed by atoms with Gasteiger partial charge in [0.2, 0.25) is 5.76 Å². The van der Waals surface area contributed by atoms with Gasteiger partial charge in [0.05, 0.1) is 23.6 Å². The van der Waals surface area contributed by atoms with E-state index in [1.165, 1.54) is 16.2 Å². The highest BCUT2D eigenvalue weighted by molar-refractivity contribution is 7.13. The lowest BCUT2D eigenvalue weighted by atomic mass is 9.98. The molecule has 3 heterocycles. The number of aryl methyl sites for hydroxylation is 1. The second-order valence-electron chi connectivity index (χ2n) is 7.07. The Balaban J connectivity index is 1.80. The summed E-state index contributed by atoms with van der Waals surface area (Å²) in [5, 5.41) is 2.78. The van der Waals surface area contributed by atoms with Gasteiger partial charge in [-0.2, -0.15) is 0 Å². The molecule has 0 N–H and O–H groups in total. The van der Waals surface area contributed by atoms with Gasteiger partial charge in [0.25, 0.3) is 5.91 Å². The van der Waals surface area contributed by atoms with E-state index in [1.54, 1.807) is 23.7 Å². The normalized spacial score (nSPS) is 15.6. The van der Waals surface area contributed by atoms with Crippen LogP contribution in [0.25, 0.3) is 11.0 Å². The number of benzene rings is 2. The number of amides is 1. The van der Waals surface area contributed by atoms with Gasteiger partial charge in [-0.15, -0.1) is 11.3 Å². The fourth-order valence-electron chi connectivity index (χ4n) is 3.88. The summed E-state index contributed by atoms with van der Waals surface area (Å²) in [7, 11) is 0. The number of nitrogens with zero attached hydrogens (tertiary/aromatic N) is 2. The van der Waals surface area contributed by atoms with Crippen LogP contribution in [-0.4, -0.2) is 17.5 Å². The molecule has 7 heteroatoms. The molecule has 150 valence electrons. The van der Waals surface area contributed by atoms with Crippen LogP contribution in [0.2, 0.25) is 0 Å². The average molecular weight is 418 g/mol. The molecule has 1 atom stereocenters. The van der Waals surface area contributed by atoms with Gasteiger partial charge in [-0.1, -0.05) is 23.8 Å². The Morgan fingerprint density at radius 3 is 2.83 bits per heavy atom. The molecule has 0 saturated heterocycles. The summed E-state index contributed by atoms with van der Waals surface area (Å²) < 4.78 is 11.6. The van der Waals surface area contributed by atoms with E-state index in [4.69, 9.17) is 9.15 Å². The molecule has 30 heavy (non-hydrogen) atoms. The molecular weight excluding hydrogens is 400 g/mol. The number of fused-ring (bicyclic) bond motifs is 2. The summed E-state index contributed by atoms with van der Waals surface area (Å²) in [5.41, 5.74) is 2.25. The summed E-state index contributed by atoms with van der Waals surface area (Å²) >= 11 is 1.34. The van der Waals surface area contributed by atoms with E-state index in [9.17, 15) is 9.59 Å². The van der Waals surface area contributed by atoms with Crippen molar-refractivity contribution in [3.05, 3.63) is 86.7 Å². The topological polar surface area (TPSA) is 72.6 Å². The first-order valence-electron chi connectivity index (χ1n) is 9.61. The molecule has 0 radical (unpaired) electrons. The summed E-state index contributed by atoms with van der Waals surface area (Å²) in [4.78, 5) is 32.8. The smallest absolute Gasteiger partial charge is 0.297 e. The monoisotopic (exact) mass is 418 g/mol. The maximum Gasteiger partial charge on any atom is 0.297 e. The van der Waals surface area contributed by atoms with Crippen molar-refractivity contribution in [2.24, 2.45) is 0 Å².